The van der Waals surface area contributed by atoms with E-state index >= 15 is 0 Å². The zero-order valence-electron chi connectivity index (χ0n) is 11.5. The Hall–Kier alpha value is -2.02. The average Bonchev–Trinajstić information content (AvgIpc) is 2.22. The molecule has 0 unspecified atom stereocenters. The molecule has 0 heterocycles. The van der Waals surface area contributed by atoms with Gasteiger partial charge in [-0.3, -0.25) is 0 Å². The van der Waals surface area contributed by atoms with Gasteiger partial charge in [-0.2, -0.15) is 11.5 Å². The van der Waals surface area contributed by atoms with Crippen LogP contribution >= 0.6 is 0 Å². The molecule has 0 rings (SSSR count). The SMILES string of the molecule is [C-]#[N+]N(CC(=C)C)C(=O)N(CC(=C)C)CC(=C)C. The Labute approximate surface area is 110 Å². The van der Waals surface area contributed by atoms with Crippen LogP contribution in [0.3, 0.4) is 0 Å². The minimum atomic E-state index is -0.334. The lowest BCUT2D eigenvalue weighted by Crippen LogP contribution is -2.42. The van der Waals surface area contributed by atoms with E-state index < -0.39 is 0 Å². The summed E-state index contributed by atoms with van der Waals surface area (Å²) >= 11 is 0. The molecule has 0 fully saturated rings. The molecule has 0 spiro atoms. The highest BCUT2D eigenvalue weighted by Crippen LogP contribution is 2.08. The molecule has 0 aromatic rings. The van der Waals surface area contributed by atoms with Crippen LogP contribution in [0.2, 0.25) is 0 Å². The third-order valence-corrected chi connectivity index (χ3v) is 1.95. The third kappa shape index (κ3) is 5.90. The third-order valence-electron chi connectivity index (χ3n) is 1.95. The van der Waals surface area contributed by atoms with Crippen molar-refractivity contribution in [2.24, 2.45) is 0 Å². The maximum absolute atomic E-state index is 12.2. The van der Waals surface area contributed by atoms with Gasteiger partial charge in [0.15, 0.2) is 0 Å². The minimum absolute atomic E-state index is 0.241. The Kier molecular flexibility index (Phi) is 6.51. The fraction of sp³-hybridized carbons (Fsp3) is 0.429. The lowest BCUT2D eigenvalue weighted by molar-refractivity contribution is 0.179. The maximum Gasteiger partial charge on any atom is 0.386 e. The zero-order valence-corrected chi connectivity index (χ0v) is 11.5. The van der Waals surface area contributed by atoms with Crippen LogP contribution in [0.25, 0.3) is 4.95 Å². The highest BCUT2D eigenvalue weighted by Gasteiger charge is 2.25. The molecule has 0 radical (unpaired) electrons. The highest BCUT2D eigenvalue weighted by molar-refractivity contribution is 5.75. The summed E-state index contributed by atoms with van der Waals surface area (Å²) in [6, 6.07) is -0.334. The fourth-order valence-corrected chi connectivity index (χ4v) is 1.41. The lowest BCUT2D eigenvalue weighted by atomic mass is 10.2. The summed E-state index contributed by atoms with van der Waals surface area (Å²) in [6.45, 7) is 24.9. The van der Waals surface area contributed by atoms with Gasteiger partial charge in [0.2, 0.25) is 0 Å². The molecular formula is C14H21N3O. The molecule has 4 nitrogen and oxygen atoms in total. The van der Waals surface area contributed by atoms with Gasteiger partial charge in [-0.25, -0.2) is 4.79 Å². The van der Waals surface area contributed by atoms with Crippen molar-refractivity contribution < 1.29 is 4.79 Å². The molecule has 0 N–H and O–H groups in total. The van der Waals surface area contributed by atoms with Crippen LogP contribution in [-0.2, 0) is 0 Å². The molecule has 0 aliphatic rings. The van der Waals surface area contributed by atoms with Crippen molar-refractivity contribution in [3.05, 3.63) is 48.0 Å². The van der Waals surface area contributed by atoms with E-state index in [1.54, 1.807) is 11.8 Å². The van der Waals surface area contributed by atoms with E-state index in [0.29, 0.717) is 13.1 Å². The molecule has 2 amide bonds. The molecule has 98 valence electrons. The Morgan fingerprint density at radius 3 is 1.67 bits per heavy atom. The van der Waals surface area contributed by atoms with Crippen molar-refractivity contribution in [2.45, 2.75) is 20.8 Å². The van der Waals surface area contributed by atoms with Crippen molar-refractivity contribution in [3.8, 4) is 0 Å². The van der Waals surface area contributed by atoms with Gasteiger partial charge in [0, 0.05) is 13.1 Å². The number of urea groups is 1. The van der Waals surface area contributed by atoms with Crippen molar-refractivity contribution >= 4 is 6.03 Å². The molecule has 0 bridgehead atoms. The summed E-state index contributed by atoms with van der Waals surface area (Å²) in [5.41, 5.74) is 2.50. The van der Waals surface area contributed by atoms with Crippen molar-refractivity contribution in [2.75, 3.05) is 19.6 Å². The summed E-state index contributed by atoms with van der Waals surface area (Å²) in [6.07, 6.45) is 0. The predicted molar refractivity (Wildman–Crippen MR) is 74.7 cm³/mol. The first kappa shape index (κ1) is 16.0. The van der Waals surface area contributed by atoms with E-state index in [-0.39, 0.29) is 12.6 Å². The number of amides is 2. The second kappa shape index (κ2) is 7.33. The molecule has 0 aromatic carbocycles. The number of hydrogen-bond acceptors (Lipinski definition) is 1. The number of carbonyl (C=O) groups excluding carboxylic acids is 1. The Morgan fingerprint density at radius 1 is 1.00 bits per heavy atom. The van der Waals surface area contributed by atoms with E-state index in [2.05, 4.69) is 24.7 Å². The first-order valence-corrected chi connectivity index (χ1v) is 5.64. The quantitative estimate of drug-likeness (QED) is 0.402. The summed E-state index contributed by atoms with van der Waals surface area (Å²) in [5.74, 6) is 0. The lowest BCUT2D eigenvalue weighted by Gasteiger charge is -2.24. The zero-order chi connectivity index (χ0) is 14.3. The Bertz CT molecular complexity index is 388. The second-order valence-electron chi connectivity index (χ2n) is 4.67. The first-order valence-electron chi connectivity index (χ1n) is 5.64. The summed E-state index contributed by atoms with van der Waals surface area (Å²) < 4.78 is 0. The van der Waals surface area contributed by atoms with Gasteiger partial charge >= 0.3 is 6.03 Å². The molecule has 0 saturated heterocycles. The van der Waals surface area contributed by atoms with E-state index in [1.807, 2.05) is 13.8 Å². The van der Waals surface area contributed by atoms with Crippen molar-refractivity contribution in [3.63, 3.8) is 0 Å². The van der Waals surface area contributed by atoms with Gasteiger partial charge in [-0.15, -0.1) is 0 Å². The molecular weight excluding hydrogens is 226 g/mol. The van der Waals surface area contributed by atoms with Gasteiger partial charge in [-0.1, -0.05) is 36.5 Å². The van der Waals surface area contributed by atoms with Crippen LogP contribution < -0.4 is 0 Å². The highest BCUT2D eigenvalue weighted by atomic mass is 16.2. The van der Waals surface area contributed by atoms with E-state index in [1.165, 1.54) is 0 Å². The minimum Gasteiger partial charge on any atom is -0.312 e. The topological polar surface area (TPSA) is 27.9 Å². The normalized spacial score (nSPS) is 9.22. The maximum atomic E-state index is 12.2. The number of nitrogens with zero attached hydrogens (tertiary/aromatic N) is 3. The summed E-state index contributed by atoms with van der Waals surface area (Å²) in [4.78, 5) is 17.0. The Morgan fingerprint density at radius 2 is 1.39 bits per heavy atom. The van der Waals surface area contributed by atoms with Gasteiger partial charge in [0.25, 0.3) is 0 Å². The summed E-state index contributed by atoms with van der Waals surface area (Å²) in [7, 11) is 0. The predicted octanol–water partition coefficient (Wildman–Crippen LogP) is 3.27. The van der Waals surface area contributed by atoms with Crippen LogP contribution in [0.1, 0.15) is 20.8 Å². The van der Waals surface area contributed by atoms with Gasteiger partial charge < -0.3 is 4.90 Å². The number of hydrogen-bond donors (Lipinski definition) is 0. The molecule has 0 saturated carbocycles. The summed E-state index contributed by atoms with van der Waals surface area (Å²) in [5, 5.41) is 1.08. The molecule has 0 aromatic heterocycles. The largest absolute Gasteiger partial charge is 0.386 e. The molecule has 4 heteroatoms. The standard InChI is InChI=1S/C14H21N3O/c1-11(2)8-16(9-12(3)4)14(18)17(15-7)10-13(5)6/h1,3,5,8-10H2,2,4,6H3. The van der Waals surface area contributed by atoms with E-state index in [4.69, 9.17) is 6.57 Å². The van der Waals surface area contributed by atoms with Gasteiger partial charge in [0.1, 0.15) is 6.54 Å². The molecule has 0 aliphatic heterocycles. The molecule has 0 atom stereocenters. The number of carbonyl (C=O) groups is 1. The van der Waals surface area contributed by atoms with E-state index in [0.717, 1.165) is 21.7 Å². The first-order chi connectivity index (χ1) is 8.27. The van der Waals surface area contributed by atoms with Crippen LogP contribution in [0.4, 0.5) is 4.79 Å². The monoisotopic (exact) mass is 247 g/mol. The second-order valence-corrected chi connectivity index (χ2v) is 4.67. The average molecular weight is 247 g/mol. The van der Waals surface area contributed by atoms with Crippen LogP contribution in [0.15, 0.2) is 36.5 Å². The van der Waals surface area contributed by atoms with Crippen LogP contribution in [0, 0.1) is 6.57 Å². The smallest absolute Gasteiger partial charge is 0.312 e. The van der Waals surface area contributed by atoms with Crippen LogP contribution in [0.5, 0.6) is 0 Å². The van der Waals surface area contributed by atoms with E-state index in [9.17, 15) is 4.79 Å². The Balaban J connectivity index is 4.91. The van der Waals surface area contributed by atoms with Gasteiger partial charge in [-0.05, 0) is 25.8 Å². The molecule has 0 aliphatic carbocycles. The van der Waals surface area contributed by atoms with Crippen molar-refractivity contribution in [1.29, 1.82) is 0 Å². The number of rotatable bonds is 6. The van der Waals surface area contributed by atoms with Crippen LogP contribution in [-0.4, -0.2) is 35.6 Å². The fourth-order valence-electron chi connectivity index (χ4n) is 1.41. The molecule has 18 heavy (non-hydrogen) atoms. The van der Waals surface area contributed by atoms with Gasteiger partial charge in [0.05, 0.1) is 0 Å². The van der Waals surface area contributed by atoms with Crippen molar-refractivity contribution in [1.82, 2.24) is 9.91 Å².